The number of nitrogens with one attached hydrogen (secondary N) is 1. The summed E-state index contributed by atoms with van der Waals surface area (Å²) in [4.78, 5) is 6.80. The first-order valence-corrected chi connectivity index (χ1v) is 8.25. The molecule has 21 heavy (non-hydrogen) atoms. The van der Waals surface area contributed by atoms with Crippen molar-refractivity contribution in [1.82, 2.24) is 15.2 Å². The highest BCUT2D eigenvalue weighted by Crippen LogP contribution is 2.22. The molecule has 3 nitrogen and oxygen atoms in total. The van der Waals surface area contributed by atoms with E-state index in [-0.39, 0.29) is 0 Å². The van der Waals surface area contributed by atoms with E-state index in [0.717, 1.165) is 26.1 Å². The molecule has 0 saturated heterocycles. The quantitative estimate of drug-likeness (QED) is 0.756. The van der Waals surface area contributed by atoms with Gasteiger partial charge in [-0.05, 0) is 50.5 Å². The zero-order valence-corrected chi connectivity index (χ0v) is 14.5. The first-order chi connectivity index (χ1) is 9.93. The van der Waals surface area contributed by atoms with Crippen LogP contribution in [0.25, 0.3) is 0 Å². The summed E-state index contributed by atoms with van der Waals surface area (Å²) in [5.41, 5.74) is 1.50. The van der Waals surface area contributed by atoms with Crippen LogP contribution in [0.1, 0.15) is 46.2 Å². The minimum absolute atomic E-state index is 0.316. The summed E-state index contributed by atoms with van der Waals surface area (Å²) in [6, 6.07) is 6.72. The standard InChI is InChI=1S/C18H33N3/c1-6-12-20-17(18(2,3)4)11-15-21(5)14-10-16-9-7-8-13-19-16/h7-9,13,17,20H,6,10-12,14-15H2,1-5H3. The molecule has 0 saturated carbocycles. The third kappa shape index (κ3) is 7.58. The molecule has 0 bridgehead atoms. The Morgan fingerprint density at radius 1 is 1.24 bits per heavy atom. The van der Waals surface area contributed by atoms with Gasteiger partial charge in [0.25, 0.3) is 0 Å². The Morgan fingerprint density at radius 2 is 2.00 bits per heavy atom. The normalized spacial score (nSPS) is 13.6. The molecule has 1 atom stereocenters. The average molecular weight is 291 g/mol. The molecule has 1 N–H and O–H groups in total. The van der Waals surface area contributed by atoms with Crippen molar-refractivity contribution in [3.05, 3.63) is 30.1 Å². The molecule has 0 amide bonds. The summed E-state index contributed by atoms with van der Waals surface area (Å²) in [5, 5.41) is 3.70. The third-order valence-electron chi connectivity index (χ3n) is 3.96. The lowest BCUT2D eigenvalue weighted by Gasteiger charge is -2.33. The third-order valence-corrected chi connectivity index (χ3v) is 3.96. The van der Waals surface area contributed by atoms with Gasteiger partial charge in [-0.3, -0.25) is 4.98 Å². The second kappa shape index (κ2) is 9.16. The van der Waals surface area contributed by atoms with E-state index in [1.54, 1.807) is 0 Å². The van der Waals surface area contributed by atoms with Gasteiger partial charge in [-0.1, -0.05) is 33.8 Å². The van der Waals surface area contributed by atoms with Gasteiger partial charge in [-0.25, -0.2) is 0 Å². The number of rotatable bonds is 9. The number of nitrogens with zero attached hydrogens (tertiary/aromatic N) is 2. The van der Waals surface area contributed by atoms with Crippen molar-refractivity contribution < 1.29 is 0 Å². The predicted octanol–water partition coefficient (Wildman–Crippen LogP) is 3.36. The lowest BCUT2D eigenvalue weighted by molar-refractivity contribution is 0.222. The van der Waals surface area contributed by atoms with Gasteiger partial charge in [0.2, 0.25) is 0 Å². The van der Waals surface area contributed by atoms with Gasteiger partial charge in [-0.2, -0.15) is 0 Å². The van der Waals surface area contributed by atoms with Gasteiger partial charge in [0.05, 0.1) is 0 Å². The van der Waals surface area contributed by atoms with Gasteiger partial charge >= 0.3 is 0 Å². The Bertz CT molecular complexity index is 370. The highest BCUT2D eigenvalue weighted by Gasteiger charge is 2.23. The van der Waals surface area contributed by atoms with Crippen LogP contribution in [0.15, 0.2) is 24.4 Å². The molecule has 0 aromatic carbocycles. The smallest absolute Gasteiger partial charge is 0.0416 e. The minimum atomic E-state index is 0.316. The van der Waals surface area contributed by atoms with Crippen molar-refractivity contribution in [1.29, 1.82) is 0 Å². The van der Waals surface area contributed by atoms with E-state index < -0.39 is 0 Å². The Labute approximate surface area is 131 Å². The predicted molar refractivity (Wildman–Crippen MR) is 91.6 cm³/mol. The largest absolute Gasteiger partial charge is 0.313 e. The van der Waals surface area contributed by atoms with Crippen molar-refractivity contribution >= 4 is 0 Å². The minimum Gasteiger partial charge on any atom is -0.313 e. The van der Waals surface area contributed by atoms with Crippen LogP contribution in [-0.4, -0.2) is 42.6 Å². The SMILES string of the molecule is CCCNC(CCN(C)CCc1ccccn1)C(C)(C)C. The molecule has 3 heteroatoms. The fraction of sp³-hybridized carbons (Fsp3) is 0.722. The zero-order chi connectivity index (χ0) is 15.7. The van der Waals surface area contributed by atoms with E-state index in [0.29, 0.717) is 11.5 Å². The van der Waals surface area contributed by atoms with Gasteiger partial charge in [0.1, 0.15) is 0 Å². The number of aromatic nitrogens is 1. The molecule has 120 valence electrons. The molecule has 1 aromatic heterocycles. The van der Waals surface area contributed by atoms with Gasteiger partial charge in [0.15, 0.2) is 0 Å². The number of hydrogen-bond donors (Lipinski definition) is 1. The monoisotopic (exact) mass is 291 g/mol. The van der Waals surface area contributed by atoms with Crippen molar-refractivity contribution in [2.45, 2.75) is 53.0 Å². The van der Waals surface area contributed by atoms with Gasteiger partial charge in [-0.15, -0.1) is 0 Å². The second-order valence-electron chi connectivity index (χ2n) is 7.04. The first-order valence-electron chi connectivity index (χ1n) is 8.25. The molecule has 1 unspecified atom stereocenters. The van der Waals surface area contributed by atoms with Gasteiger partial charge < -0.3 is 10.2 Å². The van der Waals surface area contributed by atoms with E-state index >= 15 is 0 Å². The van der Waals surface area contributed by atoms with Crippen molar-refractivity contribution in [3.8, 4) is 0 Å². The van der Waals surface area contributed by atoms with Crippen molar-refractivity contribution in [2.75, 3.05) is 26.7 Å². The second-order valence-corrected chi connectivity index (χ2v) is 7.04. The number of likely N-dealkylation sites (N-methyl/N-ethyl adjacent to an activating group) is 1. The summed E-state index contributed by atoms with van der Waals surface area (Å²) in [5.74, 6) is 0. The maximum absolute atomic E-state index is 4.39. The molecular formula is C18H33N3. The molecule has 0 radical (unpaired) electrons. The van der Waals surface area contributed by atoms with Crippen LogP contribution in [0.4, 0.5) is 0 Å². The maximum atomic E-state index is 4.39. The average Bonchev–Trinajstić information content (AvgIpc) is 2.45. The molecule has 1 rings (SSSR count). The van der Waals surface area contributed by atoms with Crippen LogP contribution in [0, 0.1) is 5.41 Å². The number of pyridine rings is 1. The fourth-order valence-corrected chi connectivity index (χ4v) is 2.47. The summed E-state index contributed by atoms with van der Waals surface area (Å²) < 4.78 is 0. The Kier molecular flexibility index (Phi) is 7.91. The summed E-state index contributed by atoms with van der Waals surface area (Å²) in [7, 11) is 2.21. The zero-order valence-electron chi connectivity index (χ0n) is 14.5. The topological polar surface area (TPSA) is 28.2 Å². The molecule has 0 aliphatic heterocycles. The molecule has 0 spiro atoms. The lowest BCUT2D eigenvalue weighted by atomic mass is 9.84. The summed E-state index contributed by atoms with van der Waals surface area (Å²) in [6.45, 7) is 12.5. The van der Waals surface area contributed by atoms with E-state index in [4.69, 9.17) is 0 Å². The Morgan fingerprint density at radius 3 is 2.57 bits per heavy atom. The van der Waals surface area contributed by atoms with Crippen LogP contribution < -0.4 is 5.32 Å². The molecule has 1 aromatic rings. The van der Waals surface area contributed by atoms with Crippen LogP contribution >= 0.6 is 0 Å². The highest BCUT2D eigenvalue weighted by molar-refractivity contribution is 5.03. The van der Waals surface area contributed by atoms with Crippen LogP contribution in [0.3, 0.4) is 0 Å². The molecule has 0 aliphatic carbocycles. The van der Waals surface area contributed by atoms with E-state index in [1.165, 1.54) is 18.5 Å². The maximum Gasteiger partial charge on any atom is 0.0416 e. The van der Waals surface area contributed by atoms with Crippen LogP contribution in [0.5, 0.6) is 0 Å². The summed E-state index contributed by atoms with van der Waals surface area (Å²) in [6.07, 6.45) is 5.30. The summed E-state index contributed by atoms with van der Waals surface area (Å²) >= 11 is 0. The van der Waals surface area contributed by atoms with Gasteiger partial charge in [0, 0.05) is 30.9 Å². The Balaban J connectivity index is 2.33. The van der Waals surface area contributed by atoms with Crippen LogP contribution in [-0.2, 0) is 6.42 Å². The Hall–Kier alpha value is -0.930. The highest BCUT2D eigenvalue weighted by atomic mass is 15.1. The first kappa shape index (κ1) is 18.1. The van der Waals surface area contributed by atoms with E-state index in [9.17, 15) is 0 Å². The van der Waals surface area contributed by atoms with Crippen molar-refractivity contribution in [2.24, 2.45) is 5.41 Å². The fourth-order valence-electron chi connectivity index (χ4n) is 2.47. The molecular weight excluding hydrogens is 258 g/mol. The van der Waals surface area contributed by atoms with Crippen molar-refractivity contribution in [3.63, 3.8) is 0 Å². The molecule has 1 heterocycles. The van der Waals surface area contributed by atoms with Crippen LogP contribution in [0.2, 0.25) is 0 Å². The molecule has 0 aliphatic rings. The molecule has 0 fully saturated rings. The number of hydrogen-bond acceptors (Lipinski definition) is 3. The van der Waals surface area contributed by atoms with E-state index in [1.807, 2.05) is 12.3 Å². The lowest BCUT2D eigenvalue weighted by Crippen LogP contribution is -2.43. The van der Waals surface area contributed by atoms with E-state index in [2.05, 4.69) is 62.1 Å².